The molecule has 0 radical (unpaired) electrons. The van der Waals surface area contributed by atoms with Crippen molar-refractivity contribution in [3.63, 3.8) is 0 Å². The van der Waals surface area contributed by atoms with E-state index in [2.05, 4.69) is 177 Å². The molecule has 0 aliphatic carbocycles. The van der Waals surface area contributed by atoms with E-state index in [-0.39, 0.29) is 0 Å². The van der Waals surface area contributed by atoms with Crippen LogP contribution in [0.25, 0.3) is 72.1 Å². The lowest BCUT2D eigenvalue weighted by molar-refractivity contribution is -0.965. The molecule has 6 aromatic carbocycles. The molecule has 5 aliphatic heterocycles. The Morgan fingerprint density at radius 2 is 0.962 bits per heavy atom. The highest BCUT2D eigenvalue weighted by Gasteiger charge is 2.66. The Hall–Kier alpha value is -6.98. The number of pyridine rings is 2. The predicted octanol–water partition coefficient (Wildman–Crippen LogP) is 10.2. The molecule has 8 heterocycles. The van der Waals surface area contributed by atoms with Crippen molar-refractivity contribution in [2.24, 2.45) is 0 Å². The minimum Gasteiger partial charge on any atom is -0.456 e. The molecule has 5 heteroatoms. The summed E-state index contributed by atoms with van der Waals surface area (Å²) in [4.78, 5) is 2.49. The first-order valence-corrected chi connectivity index (χ1v) is 18.0. The molecule has 1 atom stereocenters. The Bertz CT molecular complexity index is 3190. The number of hydrogen-bond acceptors (Lipinski definition) is 2. The van der Waals surface area contributed by atoms with Crippen LogP contribution in [0.2, 0.25) is 0 Å². The van der Waals surface area contributed by atoms with E-state index in [1.54, 1.807) is 0 Å². The lowest BCUT2D eigenvalue weighted by atomic mass is 9.80. The molecule has 238 valence electrons. The molecular weight excluding hydrogens is 637 g/mol. The highest BCUT2D eigenvalue weighted by atomic mass is 16.5. The second kappa shape index (κ2) is 8.48. The largest absolute Gasteiger partial charge is 0.456 e. The molecule has 1 unspecified atom stereocenters. The van der Waals surface area contributed by atoms with Crippen LogP contribution in [0.4, 0.5) is 17.2 Å². The molecular formula is C47H26N4O+2. The van der Waals surface area contributed by atoms with Gasteiger partial charge in [-0.15, -0.1) is 0 Å². The van der Waals surface area contributed by atoms with E-state index in [0.29, 0.717) is 0 Å². The molecule has 0 saturated heterocycles. The third-order valence-electron chi connectivity index (χ3n) is 12.3. The minimum atomic E-state index is -0.815. The maximum atomic E-state index is 7.11. The van der Waals surface area contributed by atoms with E-state index in [0.717, 1.165) is 39.8 Å². The monoisotopic (exact) mass is 662 g/mol. The summed E-state index contributed by atoms with van der Waals surface area (Å²) in [6.07, 6.45) is 4.61. The number of aromatic nitrogens is 3. The summed E-state index contributed by atoms with van der Waals surface area (Å²) in [5, 5.41) is 2.49. The zero-order valence-electron chi connectivity index (χ0n) is 27.7. The fourth-order valence-corrected chi connectivity index (χ4v) is 10.5. The van der Waals surface area contributed by atoms with E-state index < -0.39 is 5.66 Å². The van der Waals surface area contributed by atoms with Gasteiger partial charge in [-0.25, -0.2) is 0 Å². The highest BCUT2D eigenvalue weighted by molar-refractivity contribution is 6.17. The van der Waals surface area contributed by atoms with E-state index in [4.69, 9.17) is 4.74 Å². The molecule has 0 bridgehead atoms. The summed E-state index contributed by atoms with van der Waals surface area (Å²) in [6, 6.07) is 53.6. The normalized spacial score (nSPS) is 16.7. The van der Waals surface area contributed by atoms with Gasteiger partial charge in [-0.05, 0) is 82.9 Å². The first-order valence-electron chi connectivity index (χ1n) is 18.0. The van der Waals surface area contributed by atoms with Crippen molar-refractivity contribution in [3.8, 4) is 61.8 Å². The number of hydrogen-bond donors (Lipinski definition) is 0. The highest BCUT2D eigenvalue weighted by Crippen LogP contribution is 2.61. The van der Waals surface area contributed by atoms with Gasteiger partial charge in [-0.1, -0.05) is 84.9 Å². The molecule has 3 aromatic heterocycles. The summed E-state index contributed by atoms with van der Waals surface area (Å²) < 4.78 is 14.8. The Balaban J connectivity index is 1.28. The second-order valence-electron chi connectivity index (χ2n) is 14.5. The quantitative estimate of drug-likeness (QED) is 0.151. The molecule has 14 rings (SSSR count). The number of nitrogens with zero attached hydrogens (tertiary/aromatic N) is 4. The Morgan fingerprint density at radius 1 is 0.404 bits per heavy atom. The fraction of sp³-hybridized carbons (Fsp3) is 0.0213. The van der Waals surface area contributed by atoms with Gasteiger partial charge in [0.15, 0.2) is 5.52 Å². The molecule has 0 amide bonds. The first-order chi connectivity index (χ1) is 25.8. The molecule has 0 N–H and O–H groups in total. The van der Waals surface area contributed by atoms with E-state index >= 15 is 0 Å². The van der Waals surface area contributed by atoms with Gasteiger partial charge in [-0.2, -0.15) is 18.6 Å². The standard InChI is InChI=1S/C47H26N4O/c1-3-13-29-27(11-1)31-15-5-6-20-37(31)50-38-21-8-22-39-41(38)47(48-25-9-18-35(29)45(48)50)42-40(52-39)24-23-34-33-17-7-16-32-28-12-2-4-14-30(28)36-19-10-26-49(47)46(36)51(43(32)33)44(34)42/h1-26H/q+2. The Morgan fingerprint density at radius 3 is 1.75 bits per heavy atom. The average molecular weight is 663 g/mol. The van der Waals surface area contributed by atoms with Crippen LogP contribution in [-0.2, 0) is 5.66 Å². The molecule has 5 aliphatic rings. The topological polar surface area (TPSA) is 25.2 Å². The van der Waals surface area contributed by atoms with Gasteiger partial charge in [0.1, 0.15) is 39.5 Å². The number of benzene rings is 6. The van der Waals surface area contributed by atoms with Crippen molar-refractivity contribution >= 4 is 39.0 Å². The minimum absolute atomic E-state index is 0.815. The molecule has 9 aromatic rings. The van der Waals surface area contributed by atoms with Gasteiger partial charge in [0, 0.05) is 21.9 Å². The second-order valence-corrected chi connectivity index (χ2v) is 14.5. The summed E-state index contributed by atoms with van der Waals surface area (Å²) in [7, 11) is 0. The van der Waals surface area contributed by atoms with Crippen molar-refractivity contribution in [2.75, 3.05) is 4.90 Å². The van der Waals surface area contributed by atoms with Crippen LogP contribution in [0.15, 0.2) is 158 Å². The van der Waals surface area contributed by atoms with Crippen LogP contribution in [0.3, 0.4) is 0 Å². The van der Waals surface area contributed by atoms with Crippen molar-refractivity contribution in [1.29, 1.82) is 0 Å². The molecule has 0 fully saturated rings. The zero-order valence-corrected chi connectivity index (χ0v) is 27.7. The van der Waals surface area contributed by atoms with Crippen LogP contribution in [0.5, 0.6) is 11.5 Å². The van der Waals surface area contributed by atoms with Gasteiger partial charge in [-0.3, -0.25) is 0 Å². The van der Waals surface area contributed by atoms with Gasteiger partial charge in [0.25, 0.3) is 11.6 Å². The molecule has 1 spiro atoms. The first kappa shape index (κ1) is 25.9. The lowest BCUT2D eigenvalue weighted by Gasteiger charge is -2.44. The SMILES string of the molecule is c1ccc2c(c1)-c1ccccc1N1c3cccc4c3C3(c5c(ccc6c7cccc8c7n(c56)-c5c(ccc[n+]53)-c3ccccc3-8)O4)[n+]3cccc-2c31. The number of ether oxygens (including phenoxy) is 1. The fourth-order valence-electron chi connectivity index (χ4n) is 10.5. The predicted molar refractivity (Wildman–Crippen MR) is 203 cm³/mol. The van der Waals surface area contributed by atoms with Crippen LogP contribution in [0.1, 0.15) is 11.1 Å². The van der Waals surface area contributed by atoms with Crippen molar-refractivity contribution in [1.82, 2.24) is 4.57 Å². The molecule has 5 nitrogen and oxygen atoms in total. The van der Waals surface area contributed by atoms with E-state index in [1.165, 1.54) is 72.1 Å². The van der Waals surface area contributed by atoms with Crippen molar-refractivity contribution in [3.05, 3.63) is 169 Å². The van der Waals surface area contributed by atoms with Gasteiger partial charge < -0.3 is 4.74 Å². The van der Waals surface area contributed by atoms with E-state index in [1.807, 2.05) is 0 Å². The Labute approximate surface area is 298 Å². The van der Waals surface area contributed by atoms with Crippen LogP contribution < -0.4 is 18.8 Å². The number of rotatable bonds is 0. The maximum absolute atomic E-state index is 7.11. The average Bonchev–Trinajstić information content (AvgIpc) is 3.41. The third kappa shape index (κ3) is 2.60. The maximum Gasteiger partial charge on any atom is 0.321 e. The smallest absolute Gasteiger partial charge is 0.321 e. The summed E-state index contributed by atoms with van der Waals surface area (Å²) in [5.74, 6) is 4.06. The van der Waals surface area contributed by atoms with Crippen molar-refractivity contribution in [2.45, 2.75) is 5.66 Å². The zero-order chi connectivity index (χ0) is 33.4. The van der Waals surface area contributed by atoms with Crippen LogP contribution in [-0.4, -0.2) is 4.57 Å². The number of fused-ring (bicyclic) bond motifs is 10. The molecule has 52 heavy (non-hydrogen) atoms. The van der Waals surface area contributed by atoms with E-state index in [9.17, 15) is 0 Å². The lowest BCUT2D eigenvalue weighted by Crippen LogP contribution is -2.79. The van der Waals surface area contributed by atoms with Crippen LogP contribution in [0, 0.1) is 0 Å². The molecule has 0 saturated carbocycles. The van der Waals surface area contributed by atoms with Gasteiger partial charge >= 0.3 is 5.66 Å². The summed E-state index contributed by atoms with van der Waals surface area (Å²) in [6.45, 7) is 0. The van der Waals surface area contributed by atoms with Crippen LogP contribution >= 0.6 is 0 Å². The summed E-state index contributed by atoms with van der Waals surface area (Å²) in [5.41, 5.74) is 16.0. The third-order valence-corrected chi connectivity index (χ3v) is 12.3. The number of para-hydroxylation sites is 2. The van der Waals surface area contributed by atoms with Gasteiger partial charge in [0.05, 0.1) is 23.5 Å². The van der Waals surface area contributed by atoms with Gasteiger partial charge in [0.2, 0.25) is 0 Å². The Kier molecular flexibility index (Phi) is 4.23. The summed E-state index contributed by atoms with van der Waals surface area (Å²) >= 11 is 0. The number of anilines is 3. The van der Waals surface area contributed by atoms with Crippen molar-refractivity contribution < 1.29 is 13.9 Å².